The van der Waals surface area contributed by atoms with Crippen molar-refractivity contribution in [1.82, 2.24) is 4.98 Å². The van der Waals surface area contributed by atoms with Crippen LogP contribution in [-0.4, -0.2) is 39.3 Å². The number of para-hydroxylation sites is 1. The van der Waals surface area contributed by atoms with E-state index in [4.69, 9.17) is 14.5 Å². The molecule has 34 heavy (non-hydrogen) atoms. The van der Waals surface area contributed by atoms with Gasteiger partial charge in [0.05, 0.1) is 41.6 Å². The van der Waals surface area contributed by atoms with Crippen LogP contribution in [0.1, 0.15) is 17.3 Å². The maximum atomic E-state index is 13.3. The highest BCUT2D eigenvalue weighted by molar-refractivity contribution is 7.91. The van der Waals surface area contributed by atoms with Crippen LogP contribution in [0.2, 0.25) is 0 Å². The first-order valence-corrected chi connectivity index (χ1v) is 12.3. The molecule has 0 unspecified atom stereocenters. The summed E-state index contributed by atoms with van der Waals surface area (Å²) in [6, 6.07) is 20.7. The first-order chi connectivity index (χ1) is 16.4. The van der Waals surface area contributed by atoms with Crippen LogP contribution in [0, 0.1) is 0 Å². The SMILES string of the molecule is CCS(=O)(=O)c1ccc(NC(=O)c2cc(-c3ccc(OC)c(OC)c3)nc3ccccc23)cc1. The smallest absolute Gasteiger partial charge is 0.256 e. The number of nitrogens with one attached hydrogen (secondary N) is 1. The van der Waals surface area contributed by atoms with Crippen molar-refractivity contribution in [2.75, 3.05) is 25.3 Å². The maximum absolute atomic E-state index is 13.3. The highest BCUT2D eigenvalue weighted by Gasteiger charge is 2.16. The zero-order chi connectivity index (χ0) is 24.3. The molecule has 0 aliphatic rings. The number of ether oxygens (including phenoxy) is 2. The van der Waals surface area contributed by atoms with Gasteiger partial charge in [-0.05, 0) is 54.6 Å². The van der Waals surface area contributed by atoms with E-state index >= 15 is 0 Å². The van der Waals surface area contributed by atoms with Crippen LogP contribution in [0.15, 0.2) is 77.7 Å². The lowest BCUT2D eigenvalue weighted by Crippen LogP contribution is -2.13. The van der Waals surface area contributed by atoms with Crippen molar-refractivity contribution in [3.05, 3.63) is 78.4 Å². The first-order valence-electron chi connectivity index (χ1n) is 10.6. The summed E-state index contributed by atoms with van der Waals surface area (Å²) in [6.07, 6.45) is 0. The number of methoxy groups -OCH3 is 2. The summed E-state index contributed by atoms with van der Waals surface area (Å²) in [5, 5.41) is 3.56. The van der Waals surface area contributed by atoms with E-state index in [1.807, 2.05) is 36.4 Å². The minimum absolute atomic E-state index is 0.0145. The molecule has 1 amide bonds. The van der Waals surface area contributed by atoms with Crippen molar-refractivity contribution in [2.24, 2.45) is 0 Å². The van der Waals surface area contributed by atoms with Gasteiger partial charge < -0.3 is 14.8 Å². The van der Waals surface area contributed by atoms with Gasteiger partial charge in [0, 0.05) is 16.6 Å². The summed E-state index contributed by atoms with van der Waals surface area (Å²) < 4.78 is 34.8. The second-order valence-electron chi connectivity index (χ2n) is 7.52. The largest absolute Gasteiger partial charge is 0.493 e. The van der Waals surface area contributed by atoms with Crippen molar-refractivity contribution in [3.63, 3.8) is 0 Å². The maximum Gasteiger partial charge on any atom is 0.256 e. The van der Waals surface area contributed by atoms with Crippen molar-refractivity contribution >= 4 is 32.3 Å². The second-order valence-corrected chi connectivity index (χ2v) is 9.80. The zero-order valence-electron chi connectivity index (χ0n) is 19.0. The Hall–Kier alpha value is -3.91. The van der Waals surface area contributed by atoms with Gasteiger partial charge in [-0.15, -0.1) is 0 Å². The van der Waals surface area contributed by atoms with E-state index in [0.29, 0.717) is 39.3 Å². The number of anilines is 1. The van der Waals surface area contributed by atoms with E-state index in [9.17, 15) is 13.2 Å². The van der Waals surface area contributed by atoms with Gasteiger partial charge in [0.2, 0.25) is 0 Å². The van der Waals surface area contributed by atoms with Crippen molar-refractivity contribution < 1.29 is 22.7 Å². The topological polar surface area (TPSA) is 94.6 Å². The highest BCUT2D eigenvalue weighted by Crippen LogP contribution is 2.33. The average molecular weight is 477 g/mol. The quantitative estimate of drug-likeness (QED) is 0.405. The number of carbonyl (C=O) groups is 1. The van der Waals surface area contributed by atoms with Crippen LogP contribution in [0.4, 0.5) is 5.69 Å². The van der Waals surface area contributed by atoms with E-state index < -0.39 is 9.84 Å². The molecule has 1 heterocycles. The third-order valence-electron chi connectivity index (χ3n) is 5.49. The molecule has 0 atom stereocenters. The van der Waals surface area contributed by atoms with E-state index in [2.05, 4.69) is 5.32 Å². The predicted octanol–water partition coefficient (Wildman–Crippen LogP) is 4.96. The van der Waals surface area contributed by atoms with Crippen LogP contribution < -0.4 is 14.8 Å². The monoisotopic (exact) mass is 476 g/mol. The summed E-state index contributed by atoms with van der Waals surface area (Å²) in [5.74, 6) is 0.841. The van der Waals surface area contributed by atoms with E-state index in [-0.39, 0.29) is 16.6 Å². The number of carbonyl (C=O) groups excluding carboxylic acids is 1. The summed E-state index contributed by atoms with van der Waals surface area (Å²) in [4.78, 5) is 18.2. The second kappa shape index (κ2) is 9.52. The van der Waals surface area contributed by atoms with Gasteiger partial charge in [0.1, 0.15) is 0 Å². The van der Waals surface area contributed by atoms with Gasteiger partial charge in [0.15, 0.2) is 21.3 Å². The molecule has 8 heteroatoms. The van der Waals surface area contributed by atoms with Gasteiger partial charge >= 0.3 is 0 Å². The minimum Gasteiger partial charge on any atom is -0.493 e. The molecule has 0 saturated heterocycles. The molecule has 0 aliphatic carbocycles. The number of pyridine rings is 1. The Labute approximate surface area is 198 Å². The number of rotatable bonds is 7. The Morgan fingerprint density at radius 2 is 1.62 bits per heavy atom. The van der Waals surface area contributed by atoms with Crippen molar-refractivity contribution in [1.29, 1.82) is 0 Å². The molecule has 0 fully saturated rings. The van der Waals surface area contributed by atoms with Crippen LogP contribution >= 0.6 is 0 Å². The normalized spacial score (nSPS) is 11.3. The Balaban J connectivity index is 1.73. The average Bonchev–Trinajstić information content (AvgIpc) is 2.87. The fourth-order valence-electron chi connectivity index (χ4n) is 3.62. The molecule has 0 bridgehead atoms. The number of sulfone groups is 1. The highest BCUT2D eigenvalue weighted by atomic mass is 32.2. The molecular formula is C26H24N2O5S. The summed E-state index contributed by atoms with van der Waals surface area (Å²) >= 11 is 0. The fourth-order valence-corrected chi connectivity index (χ4v) is 4.50. The van der Waals surface area contributed by atoms with Gasteiger partial charge in [-0.3, -0.25) is 4.79 Å². The lowest BCUT2D eigenvalue weighted by molar-refractivity contribution is 0.102. The summed E-state index contributed by atoms with van der Waals surface area (Å²) in [7, 11) is -0.183. The number of hydrogen-bond acceptors (Lipinski definition) is 6. The number of fused-ring (bicyclic) bond motifs is 1. The standard InChI is InChI=1S/C26H24N2O5S/c1-4-34(30,31)19-12-10-18(11-13-19)27-26(29)21-16-23(28-22-8-6-5-7-20(21)22)17-9-14-24(32-2)25(15-17)33-3/h5-16H,4H2,1-3H3,(H,27,29). The number of amides is 1. The predicted molar refractivity (Wildman–Crippen MR) is 132 cm³/mol. The van der Waals surface area contributed by atoms with Gasteiger partial charge in [0.25, 0.3) is 5.91 Å². The fraction of sp³-hybridized carbons (Fsp3) is 0.154. The molecule has 7 nitrogen and oxygen atoms in total. The molecule has 0 saturated carbocycles. The van der Waals surface area contributed by atoms with E-state index in [0.717, 1.165) is 5.56 Å². The number of nitrogens with zero attached hydrogens (tertiary/aromatic N) is 1. The number of hydrogen-bond donors (Lipinski definition) is 1. The Morgan fingerprint density at radius 1 is 0.912 bits per heavy atom. The van der Waals surface area contributed by atoms with Crippen molar-refractivity contribution in [2.45, 2.75) is 11.8 Å². The van der Waals surface area contributed by atoms with Crippen LogP contribution in [-0.2, 0) is 9.84 Å². The van der Waals surface area contributed by atoms with Gasteiger partial charge in [-0.2, -0.15) is 0 Å². The Kier molecular flexibility index (Phi) is 6.51. The molecule has 0 aliphatic heterocycles. The van der Waals surface area contributed by atoms with Crippen LogP contribution in [0.5, 0.6) is 11.5 Å². The molecule has 174 valence electrons. The van der Waals surface area contributed by atoms with Gasteiger partial charge in [-0.25, -0.2) is 13.4 Å². The molecule has 0 radical (unpaired) electrons. The van der Waals surface area contributed by atoms with Crippen LogP contribution in [0.25, 0.3) is 22.2 Å². The third kappa shape index (κ3) is 4.58. The van der Waals surface area contributed by atoms with E-state index in [1.165, 1.54) is 12.1 Å². The van der Waals surface area contributed by atoms with Gasteiger partial charge in [-0.1, -0.05) is 25.1 Å². The number of aromatic nitrogens is 1. The Bertz CT molecular complexity index is 1460. The lowest BCUT2D eigenvalue weighted by Gasteiger charge is -2.13. The molecule has 4 aromatic rings. The minimum atomic E-state index is -3.31. The molecule has 4 rings (SSSR count). The van der Waals surface area contributed by atoms with E-state index in [1.54, 1.807) is 45.4 Å². The Morgan fingerprint density at radius 3 is 2.29 bits per heavy atom. The summed E-state index contributed by atoms with van der Waals surface area (Å²) in [6.45, 7) is 1.59. The lowest BCUT2D eigenvalue weighted by atomic mass is 10.0. The molecule has 3 aromatic carbocycles. The van der Waals surface area contributed by atoms with Crippen molar-refractivity contribution in [3.8, 4) is 22.8 Å². The third-order valence-corrected chi connectivity index (χ3v) is 7.24. The molecule has 1 aromatic heterocycles. The van der Waals surface area contributed by atoms with Crippen LogP contribution in [0.3, 0.4) is 0 Å². The summed E-state index contributed by atoms with van der Waals surface area (Å²) in [5.41, 5.74) is 2.99. The molecular weight excluding hydrogens is 452 g/mol. The number of benzene rings is 3. The molecule has 1 N–H and O–H groups in total. The first kappa shape index (κ1) is 23.3. The zero-order valence-corrected chi connectivity index (χ0v) is 19.8. The molecule has 0 spiro atoms.